The molecular formula is C22H28N8O2. The van der Waals surface area contributed by atoms with Crippen molar-refractivity contribution in [1.82, 2.24) is 31.2 Å². The van der Waals surface area contributed by atoms with E-state index in [0.717, 1.165) is 32.1 Å². The van der Waals surface area contributed by atoms with Gasteiger partial charge >= 0.3 is 0 Å². The molecule has 4 fully saturated rings. The van der Waals surface area contributed by atoms with Gasteiger partial charge in [0.1, 0.15) is 0 Å². The van der Waals surface area contributed by atoms with Crippen LogP contribution in [0.25, 0.3) is 0 Å². The summed E-state index contributed by atoms with van der Waals surface area (Å²) in [5.41, 5.74) is 11.2. The second kappa shape index (κ2) is 8.33. The Balaban J connectivity index is 1.20. The Kier molecular flexibility index (Phi) is 5.36. The molecule has 10 nitrogen and oxygen atoms in total. The first-order valence-corrected chi connectivity index (χ1v) is 11.2. The first kappa shape index (κ1) is 20.6. The van der Waals surface area contributed by atoms with Crippen molar-refractivity contribution in [3.8, 4) is 0 Å². The summed E-state index contributed by atoms with van der Waals surface area (Å²) in [7, 11) is 0. The number of carbonyl (C=O) groups is 2. The molecule has 2 aromatic rings. The van der Waals surface area contributed by atoms with Gasteiger partial charge in [-0.2, -0.15) is 10.2 Å². The molecule has 10 heteroatoms. The fourth-order valence-corrected chi connectivity index (χ4v) is 6.84. The minimum atomic E-state index is -0.0403. The number of anilines is 2. The number of hydrogen-bond acceptors (Lipinski definition) is 8. The standard InChI is InChI=1S/C22H28N8O2/c31-19(29-27-17-3-1-5-23-25-17)12-21-8-15-7-16(9-21)11-22(10-15,14-21)13-20(32)30-28-18-4-2-6-24-26-18/h1-6,15-16H,7-14H2,(H,25,27)(H,26,28)(H,29,31)(H,30,32). The number of aromatic nitrogens is 4. The van der Waals surface area contributed by atoms with Gasteiger partial charge in [-0.1, -0.05) is 0 Å². The average Bonchev–Trinajstić information content (AvgIpc) is 2.76. The second-order valence-corrected chi connectivity index (χ2v) is 9.88. The molecule has 0 saturated heterocycles. The molecule has 2 aromatic heterocycles. The Hall–Kier alpha value is -3.30. The molecule has 4 N–H and O–H groups in total. The van der Waals surface area contributed by atoms with Crippen LogP contribution in [0.2, 0.25) is 0 Å². The Bertz CT molecular complexity index is 881. The molecule has 0 atom stereocenters. The van der Waals surface area contributed by atoms with Crippen molar-refractivity contribution in [2.24, 2.45) is 22.7 Å². The molecule has 168 valence electrons. The molecule has 2 amide bonds. The molecule has 0 aliphatic heterocycles. The predicted octanol–water partition coefficient (Wildman–Crippen LogP) is 2.22. The van der Waals surface area contributed by atoms with Gasteiger partial charge in [-0.3, -0.25) is 31.3 Å². The number of amides is 2. The summed E-state index contributed by atoms with van der Waals surface area (Å²) in [5.74, 6) is 2.13. The van der Waals surface area contributed by atoms with E-state index in [1.807, 2.05) is 0 Å². The molecule has 32 heavy (non-hydrogen) atoms. The van der Waals surface area contributed by atoms with Crippen molar-refractivity contribution in [2.75, 3.05) is 10.9 Å². The van der Waals surface area contributed by atoms with E-state index >= 15 is 0 Å². The van der Waals surface area contributed by atoms with E-state index in [4.69, 9.17) is 0 Å². The lowest BCUT2D eigenvalue weighted by Crippen LogP contribution is -2.54. The zero-order valence-electron chi connectivity index (χ0n) is 17.9. The van der Waals surface area contributed by atoms with Crippen molar-refractivity contribution >= 4 is 23.5 Å². The van der Waals surface area contributed by atoms with Crippen LogP contribution in [-0.4, -0.2) is 32.2 Å². The van der Waals surface area contributed by atoms with E-state index < -0.39 is 0 Å². The van der Waals surface area contributed by atoms with Crippen LogP contribution in [0, 0.1) is 22.7 Å². The average molecular weight is 437 g/mol. The van der Waals surface area contributed by atoms with Crippen molar-refractivity contribution in [2.45, 2.75) is 51.4 Å². The SMILES string of the molecule is O=C(CC12CC3CC(C1)CC(CC(=O)NNc1cccnn1)(C3)C2)NNc1cccnn1. The van der Waals surface area contributed by atoms with Crippen LogP contribution in [0.4, 0.5) is 11.6 Å². The smallest absolute Gasteiger partial charge is 0.238 e. The Morgan fingerprint density at radius 2 is 1.28 bits per heavy atom. The van der Waals surface area contributed by atoms with Crippen molar-refractivity contribution < 1.29 is 9.59 Å². The molecule has 4 saturated carbocycles. The Morgan fingerprint density at radius 3 is 1.69 bits per heavy atom. The van der Waals surface area contributed by atoms with E-state index in [1.54, 1.807) is 36.7 Å². The molecule has 4 aliphatic carbocycles. The highest BCUT2D eigenvalue weighted by Gasteiger charge is 2.58. The van der Waals surface area contributed by atoms with Crippen molar-refractivity contribution in [3.63, 3.8) is 0 Å². The van der Waals surface area contributed by atoms with E-state index in [1.165, 1.54) is 6.42 Å². The second-order valence-electron chi connectivity index (χ2n) is 9.88. The topological polar surface area (TPSA) is 134 Å². The van der Waals surface area contributed by atoms with E-state index in [2.05, 4.69) is 42.1 Å². The minimum absolute atomic E-state index is 0.0309. The van der Waals surface area contributed by atoms with Crippen LogP contribution < -0.4 is 21.7 Å². The first-order valence-electron chi connectivity index (χ1n) is 11.2. The quantitative estimate of drug-likeness (QED) is 0.463. The molecule has 4 bridgehead atoms. The fraction of sp³-hybridized carbons (Fsp3) is 0.545. The Labute approximate surface area is 186 Å². The summed E-state index contributed by atoms with van der Waals surface area (Å²) in [6.07, 6.45) is 10.5. The number of rotatable bonds is 8. The minimum Gasteiger partial charge on any atom is -0.280 e. The first-order chi connectivity index (χ1) is 15.5. The highest BCUT2D eigenvalue weighted by atomic mass is 16.2. The number of nitrogens with one attached hydrogen (secondary N) is 4. The van der Waals surface area contributed by atoms with Crippen LogP contribution in [-0.2, 0) is 9.59 Å². The number of carbonyl (C=O) groups excluding carboxylic acids is 2. The third kappa shape index (κ3) is 4.49. The normalized spacial score (nSPS) is 29.9. The maximum Gasteiger partial charge on any atom is 0.238 e. The summed E-state index contributed by atoms with van der Waals surface area (Å²) in [5, 5.41) is 15.5. The lowest BCUT2D eigenvalue weighted by atomic mass is 9.43. The highest BCUT2D eigenvalue weighted by Crippen LogP contribution is 2.67. The maximum atomic E-state index is 12.8. The largest absolute Gasteiger partial charge is 0.280 e. The third-order valence-electron chi connectivity index (χ3n) is 7.18. The van der Waals surface area contributed by atoms with Gasteiger partial charge in [-0.25, -0.2) is 0 Å². The van der Waals surface area contributed by atoms with Gasteiger partial charge in [0.15, 0.2) is 11.6 Å². The van der Waals surface area contributed by atoms with Gasteiger partial charge in [-0.15, -0.1) is 10.2 Å². The fourth-order valence-electron chi connectivity index (χ4n) is 6.84. The van der Waals surface area contributed by atoms with E-state index in [-0.39, 0.29) is 22.6 Å². The zero-order valence-corrected chi connectivity index (χ0v) is 17.9. The number of hydrogen-bond donors (Lipinski definition) is 4. The molecular weight excluding hydrogens is 408 g/mol. The molecule has 0 spiro atoms. The van der Waals surface area contributed by atoms with Gasteiger partial charge in [0.05, 0.1) is 0 Å². The molecule has 2 heterocycles. The summed E-state index contributed by atoms with van der Waals surface area (Å²) in [4.78, 5) is 25.5. The highest BCUT2D eigenvalue weighted by molar-refractivity contribution is 5.79. The molecule has 0 aromatic carbocycles. The van der Waals surface area contributed by atoms with Gasteiger partial charge in [0.25, 0.3) is 0 Å². The van der Waals surface area contributed by atoms with Crippen LogP contribution in [0.15, 0.2) is 36.7 Å². The number of hydrazine groups is 2. The summed E-state index contributed by atoms with van der Waals surface area (Å²) >= 11 is 0. The monoisotopic (exact) mass is 436 g/mol. The summed E-state index contributed by atoms with van der Waals surface area (Å²) in [6.45, 7) is 0. The third-order valence-corrected chi connectivity index (χ3v) is 7.18. The van der Waals surface area contributed by atoms with Crippen LogP contribution in [0.5, 0.6) is 0 Å². The molecule has 0 radical (unpaired) electrons. The number of nitrogens with zero attached hydrogens (tertiary/aromatic N) is 4. The van der Waals surface area contributed by atoms with E-state index in [9.17, 15) is 9.59 Å². The van der Waals surface area contributed by atoms with Crippen LogP contribution in [0.3, 0.4) is 0 Å². The lowest BCUT2D eigenvalue weighted by molar-refractivity contribution is -0.145. The summed E-state index contributed by atoms with van der Waals surface area (Å²) in [6, 6.07) is 7.02. The Morgan fingerprint density at radius 1 is 0.812 bits per heavy atom. The van der Waals surface area contributed by atoms with Crippen molar-refractivity contribution in [1.29, 1.82) is 0 Å². The summed E-state index contributed by atoms with van der Waals surface area (Å²) < 4.78 is 0. The molecule has 0 unspecified atom stereocenters. The van der Waals surface area contributed by atoms with Gasteiger partial charge < -0.3 is 0 Å². The van der Waals surface area contributed by atoms with Gasteiger partial charge in [0.2, 0.25) is 11.8 Å². The predicted molar refractivity (Wildman–Crippen MR) is 116 cm³/mol. The van der Waals surface area contributed by atoms with Crippen LogP contribution in [0.1, 0.15) is 51.4 Å². The van der Waals surface area contributed by atoms with Gasteiger partial charge in [-0.05, 0) is 85.5 Å². The lowest BCUT2D eigenvalue weighted by Gasteiger charge is -2.62. The van der Waals surface area contributed by atoms with Gasteiger partial charge in [0, 0.05) is 25.2 Å². The molecule has 4 aliphatic rings. The maximum absolute atomic E-state index is 12.8. The molecule has 6 rings (SSSR count). The van der Waals surface area contributed by atoms with E-state index in [0.29, 0.717) is 36.3 Å². The van der Waals surface area contributed by atoms with Crippen molar-refractivity contribution in [3.05, 3.63) is 36.7 Å². The van der Waals surface area contributed by atoms with Crippen LogP contribution >= 0.6 is 0 Å². The zero-order chi connectivity index (χ0) is 22.0.